The molecule has 12 atom stereocenters. The molecule has 0 aromatic heterocycles. The number of fused-ring (bicyclic) bond motifs is 2. The number of nitrogens with zero attached hydrogens (tertiary/aromatic N) is 2. The zero-order valence-corrected chi connectivity index (χ0v) is 58.1. The van der Waals surface area contributed by atoms with E-state index in [0.29, 0.717) is 140 Å². The predicted octanol–water partition coefficient (Wildman–Crippen LogP) is 4.01. The molecule has 0 bridgehead atoms. The Morgan fingerprint density at radius 3 is 1.39 bits per heavy atom. The minimum absolute atomic E-state index is 0.168. The van der Waals surface area contributed by atoms with Crippen molar-refractivity contribution in [3.05, 3.63) is 165 Å². The fourth-order valence-electron chi connectivity index (χ4n) is 13.8. The van der Waals surface area contributed by atoms with Crippen LogP contribution in [0.4, 0.5) is 11.4 Å². The number of carbonyl (C=O) groups excluding carboxylic acids is 8. The number of nitrogens with one attached hydrogen (secondary N) is 12. The summed E-state index contributed by atoms with van der Waals surface area (Å²) in [5.41, 5.74) is 2.21. The number of allylic oxidation sites excluding steroid dienone is 3. The van der Waals surface area contributed by atoms with Crippen LogP contribution in [0.3, 0.4) is 0 Å². The maximum absolute atomic E-state index is 14.7. The molecule has 4 aromatic carbocycles. The van der Waals surface area contributed by atoms with Gasteiger partial charge in [0.25, 0.3) is 10.9 Å². The lowest BCUT2D eigenvalue weighted by Crippen LogP contribution is -2.59. The predicted molar refractivity (Wildman–Crippen MR) is 384 cm³/mol. The number of rotatable bonds is 38. The number of likely N-dealkylation sites (N-methyl/N-ethyl adjacent to an activating group) is 2. The van der Waals surface area contributed by atoms with Crippen molar-refractivity contribution in [3.63, 3.8) is 0 Å². The molecular formula is C75H104N14O10. The molecule has 8 amide bonds. The van der Waals surface area contributed by atoms with Crippen molar-refractivity contribution in [2.45, 2.75) is 184 Å². The molecule has 0 aliphatic carbocycles. The first kappa shape index (κ1) is 75.9. The zero-order chi connectivity index (χ0) is 70.8. The lowest BCUT2D eigenvalue weighted by molar-refractivity contribution is -0.144. The summed E-state index contributed by atoms with van der Waals surface area (Å²) in [6.45, 7) is 13.1. The van der Waals surface area contributed by atoms with Gasteiger partial charge in [-0.25, -0.2) is 0 Å². The van der Waals surface area contributed by atoms with Gasteiger partial charge in [-0.2, -0.15) is 0 Å². The molecule has 4 heterocycles. The summed E-state index contributed by atoms with van der Waals surface area (Å²) in [6, 6.07) is 21.7. The lowest BCUT2D eigenvalue weighted by Gasteiger charge is -2.33. The summed E-state index contributed by atoms with van der Waals surface area (Å²) in [5, 5.41) is 36.9. The third kappa shape index (κ3) is 20.9. The van der Waals surface area contributed by atoms with Gasteiger partial charge in [-0.3, -0.25) is 47.9 Å². The monoisotopic (exact) mass is 1360 g/mol. The van der Waals surface area contributed by atoms with Crippen molar-refractivity contribution in [3.8, 4) is 0 Å². The number of hydrogen-bond donors (Lipinski definition) is 12. The first-order chi connectivity index (χ1) is 47.9. The molecule has 4 aliphatic rings. The Hall–Kier alpha value is -8.84. The Balaban J connectivity index is 0.787. The summed E-state index contributed by atoms with van der Waals surface area (Å²) < 4.78 is 0. The van der Waals surface area contributed by atoms with E-state index in [9.17, 15) is 47.9 Å². The lowest BCUT2D eigenvalue weighted by atomic mass is 9.90. The van der Waals surface area contributed by atoms with Gasteiger partial charge >= 0.3 is 0 Å². The van der Waals surface area contributed by atoms with Crippen molar-refractivity contribution < 1.29 is 38.4 Å². The summed E-state index contributed by atoms with van der Waals surface area (Å²) in [5.74, 6) is -3.47. The third-order valence-electron chi connectivity index (χ3n) is 19.8. The highest BCUT2D eigenvalue weighted by atomic mass is 16.2. The van der Waals surface area contributed by atoms with Crippen molar-refractivity contribution in [1.29, 1.82) is 0 Å². The van der Waals surface area contributed by atoms with Gasteiger partial charge in [0.2, 0.25) is 47.3 Å². The van der Waals surface area contributed by atoms with E-state index in [4.69, 9.17) is 0 Å². The molecule has 4 saturated heterocycles. The Morgan fingerprint density at radius 2 is 0.939 bits per heavy atom. The summed E-state index contributed by atoms with van der Waals surface area (Å²) >= 11 is 0. The second-order valence-electron chi connectivity index (χ2n) is 26.6. The highest BCUT2D eigenvalue weighted by Gasteiger charge is 2.50. The standard InChI is InChI=1S/C75H104N14O10/c1-7-8-12-23-48(2)60(84-70(94)58-36-34-56-32-30-54(38-44-78-46-51-24-13-9-14-25-51)62(74(98)88(56)58)86-68(92)49(3)76-5)72(96)82-42-21-19-40-80-64-65(67(91)66(64)90)81-41-20-22-43-83-73(97)61(53-28-17-11-18-29-53)85-71(95)59-37-35-57-33-31-55(39-45-79-47-52-26-15-10-16-27-52)63(75(99)89(57)59)87-69(93)50(4)77-6/h7-18,23-29,49-50,54-63,76-81H,2,19-22,30-47H2,1,3-6H3,(H,82,96)(H,83,97)(H,84,94)(H,85,95)(H,86,92)(H,87,93)/b8-7-,23-12-/t49-,50-,54+,55+,56-,57-,58-,59-,60-,61-,62-,63-/m0/s1. The highest BCUT2D eigenvalue weighted by Crippen LogP contribution is 2.37. The second kappa shape index (κ2) is 38.5. The molecule has 24 heteroatoms. The SMILES string of the molecule is C=C(/C=C\C=C/C)[C@H](NC(=O)[C@@H]1CC[C@@H]2CC[C@H](CCNCc3ccccc3)[C@H](NC(=O)[C@H](C)NC)C(=O)N21)C(=O)NCCCCNc1c(NCCCCNC(=O)[C@@H](NC(=O)[C@@H]2CC[C@@H]3CC[C@H](CCNCc4ccccc4)[C@H](NC(=O)[C@H](C)NC)C(=O)N32)c2ccccc2)c(=O)c1=O. The summed E-state index contributed by atoms with van der Waals surface area (Å²) in [7, 11) is 3.36. The van der Waals surface area contributed by atoms with Crippen molar-refractivity contribution in [1.82, 2.24) is 63.0 Å². The molecule has 4 aliphatic heterocycles. The Morgan fingerprint density at radius 1 is 0.515 bits per heavy atom. The second-order valence-corrected chi connectivity index (χ2v) is 26.6. The first-order valence-electron chi connectivity index (χ1n) is 35.5. The van der Waals surface area contributed by atoms with Gasteiger partial charge in [-0.1, -0.05) is 122 Å². The fraction of sp³-hybridized carbons (Fsp3) is 0.520. The summed E-state index contributed by atoms with van der Waals surface area (Å²) in [4.78, 5) is 142. The molecule has 534 valence electrons. The van der Waals surface area contributed by atoms with Gasteiger partial charge in [0.15, 0.2) is 0 Å². The van der Waals surface area contributed by atoms with Gasteiger partial charge in [0.05, 0.1) is 12.1 Å². The normalized spacial score (nSPS) is 21.9. The van der Waals surface area contributed by atoms with Crippen LogP contribution in [0.25, 0.3) is 0 Å². The number of benzene rings is 3. The van der Waals surface area contributed by atoms with Crippen LogP contribution in [0.5, 0.6) is 0 Å². The van der Waals surface area contributed by atoms with Crippen LogP contribution >= 0.6 is 0 Å². The quantitative estimate of drug-likeness (QED) is 0.0171. The van der Waals surface area contributed by atoms with Gasteiger partial charge in [0, 0.05) is 51.4 Å². The van der Waals surface area contributed by atoms with Crippen LogP contribution in [0.2, 0.25) is 0 Å². The van der Waals surface area contributed by atoms with Crippen LogP contribution < -0.4 is 74.7 Å². The smallest absolute Gasteiger partial charge is 0.253 e. The van der Waals surface area contributed by atoms with Gasteiger partial charge in [0.1, 0.15) is 47.6 Å². The maximum Gasteiger partial charge on any atom is 0.253 e. The highest BCUT2D eigenvalue weighted by molar-refractivity contribution is 5.98. The van der Waals surface area contributed by atoms with Crippen LogP contribution in [0, 0.1) is 11.8 Å². The van der Waals surface area contributed by atoms with E-state index in [0.717, 1.165) is 11.1 Å². The number of amides is 8. The number of unbranched alkanes of at least 4 members (excludes halogenated alkanes) is 2. The first-order valence-corrected chi connectivity index (χ1v) is 35.5. The van der Waals surface area contributed by atoms with Crippen molar-refractivity contribution in [2.75, 3.05) is 64.0 Å². The third-order valence-corrected chi connectivity index (χ3v) is 19.8. The molecule has 0 spiro atoms. The van der Waals surface area contributed by atoms with E-state index in [2.05, 4.69) is 70.4 Å². The number of anilines is 2. The van der Waals surface area contributed by atoms with Crippen molar-refractivity contribution in [2.24, 2.45) is 11.8 Å². The molecule has 0 unspecified atom stereocenters. The molecule has 24 nitrogen and oxygen atoms in total. The molecule has 8 rings (SSSR count). The van der Waals surface area contributed by atoms with Crippen LogP contribution in [0.15, 0.2) is 137 Å². The summed E-state index contributed by atoms with van der Waals surface area (Å²) in [6.07, 6.45) is 14.9. The van der Waals surface area contributed by atoms with E-state index in [1.165, 1.54) is 0 Å². The van der Waals surface area contributed by atoms with E-state index < -0.39 is 82.8 Å². The largest absolute Gasteiger partial charge is 0.380 e. The van der Waals surface area contributed by atoms with Crippen LogP contribution in [-0.2, 0) is 51.4 Å². The molecule has 0 saturated carbocycles. The molecule has 12 N–H and O–H groups in total. The van der Waals surface area contributed by atoms with Crippen LogP contribution in [-0.4, -0.2) is 165 Å². The zero-order valence-electron chi connectivity index (χ0n) is 58.1. The number of hydrogen-bond acceptors (Lipinski definition) is 16. The molecule has 4 fully saturated rings. The van der Waals surface area contributed by atoms with Gasteiger partial charge in [-0.15, -0.1) is 0 Å². The minimum Gasteiger partial charge on any atom is -0.380 e. The Kier molecular flexibility index (Phi) is 29.5. The fourth-order valence-corrected chi connectivity index (χ4v) is 13.8. The van der Waals surface area contributed by atoms with Gasteiger partial charge in [-0.05, 0) is 172 Å². The van der Waals surface area contributed by atoms with Gasteiger partial charge < -0.3 is 73.6 Å². The molecule has 99 heavy (non-hydrogen) atoms. The van der Waals surface area contributed by atoms with E-state index in [1.54, 1.807) is 80.2 Å². The van der Waals surface area contributed by atoms with Crippen LogP contribution in [0.1, 0.15) is 133 Å². The molecule has 0 radical (unpaired) electrons. The average Bonchev–Trinajstić information content (AvgIpc) is 1.77. The van der Waals surface area contributed by atoms with Crippen molar-refractivity contribution >= 4 is 58.6 Å². The van der Waals surface area contributed by atoms with E-state index in [-0.39, 0.29) is 72.0 Å². The number of carbonyl (C=O) groups is 8. The molecular weight excluding hydrogens is 1260 g/mol. The van der Waals surface area contributed by atoms with E-state index in [1.807, 2.05) is 79.7 Å². The maximum atomic E-state index is 14.7. The van der Waals surface area contributed by atoms with E-state index >= 15 is 0 Å². The Labute approximate surface area is 582 Å². The minimum atomic E-state index is -1.17. The topological polar surface area (TPSA) is 322 Å². The molecule has 4 aromatic rings. The Bertz CT molecular complexity index is 3490. The average molecular weight is 1360 g/mol.